The van der Waals surface area contributed by atoms with Crippen LogP contribution in [0.3, 0.4) is 0 Å². The molecule has 2 bridgehead atoms. The third-order valence-corrected chi connectivity index (χ3v) is 4.14. The van der Waals surface area contributed by atoms with Gasteiger partial charge < -0.3 is 15.0 Å². The van der Waals surface area contributed by atoms with Gasteiger partial charge in [0.15, 0.2) is 0 Å². The van der Waals surface area contributed by atoms with Crippen molar-refractivity contribution in [3.63, 3.8) is 0 Å². The van der Waals surface area contributed by atoms with Crippen molar-refractivity contribution in [1.29, 1.82) is 0 Å². The topological polar surface area (TPSA) is 24.5 Å². The number of alkyl halides is 3. The van der Waals surface area contributed by atoms with Crippen LogP contribution in [-0.4, -0.2) is 56.0 Å². The van der Waals surface area contributed by atoms with E-state index in [0.717, 1.165) is 19.4 Å². The van der Waals surface area contributed by atoms with Gasteiger partial charge in [0.25, 0.3) is 0 Å². The van der Waals surface area contributed by atoms with Gasteiger partial charge in [-0.1, -0.05) is 0 Å². The number of rotatable bonds is 6. The van der Waals surface area contributed by atoms with Crippen molar-refractivity contribution in [3.8, 4) is 0 Å². The van der Waals surface area contributed by atoms with Gasteiger partial charge in [-0.3, -0.25) is 0 Å². The molecule has 0 radical (unpaired) electrons. The Hall–Kier alpha value is -0.330. The van der Waals surface area contributed by atoms with Gasteiger partial charge in [-0.2, -0.15) is 13.2 Å². The maximum atomic E-state index is 11.9. The fourth-order valence-electron chi connectivity index (χ4n) is 3.17. The molecule has 2 saturated heterocycles. The van der Waals surface area contributed by atoms with Crippen molar-refractivity contribution in [3.05, 3.63) is 0 Å². The summed E-state index contributed by atoms with van der Waals surface area (Å²) >= 11 is 0. The number of nitrogens with zero attached hydrogens (tertiary/aromatic N) is 1. The first-order valence-corrected chi connectivity index (χ1v) is 7.05. The Morgan fingerprint density at radius 1 is 1.21 bits per heavy atom. The van der Waals surface area contributed by atoms with Gasteiger partial charge in [0, 0.05) is 31.3 Å². The Balaban J connectivity index is 1.58. The molecule has 6 heteroatoms. The van der Waals surface area contributed by atoms with E-state index in [1.54, 1.807) is 0 Å². The summed E-state index contributed by atoms with van der Waals surface area (Å²) in [5.41, 5.74) is 0. The van der Waals surface area contributed by atoms with E-state index in [2.05, 4.69) is 22.0 Å². The molecule has 2 rings (SSSR count). The molecule has 0 amide bonds. The molecular weight excluding hydrogens is 257 g/mol. The quantitative estimate of drug-likeness (QED) is 0.755. The van der Waals surface area contributed by atoms with Crippen molar-refractivity contribution < 1.29 is 17.9 Å². The molecule has 2 unspecified atom stereocenters. The minimum atomic E-state index is -4.21. The smallest absolute Gasteiger partial charge is 0.372 e. The van der Waals surface area contributed by atoms with Crippen LogP contribution in [0.2, 0.25) is 0 Å². The van der Waals surface area contributed by atoms with E-state index < -0.39 is 12.8 Å². The van der Waals surface area contributed by atoms with E-state index in [1.165, 1.54) is 12.8 Å². The SMILES string of the molecule is CN(CCCOCC(F)(F)F)C1CC2CCC(C1)N2. The zero-order valence-corrected chi connectivity index (χ0v) is 11.4. The van der Waals surface area contributed by atoms with Crippen molar-refractivity contribution in [2.75, 3.05) is 26.8 Å². The van der Waals surface area contributed by atoms with Gasteiger partial charge in [0.05, 0.1) is 0 Å². The number of ether oxygens (including phenoxy) is 1. The van der Waals surface area contributed by atoms with Crippen LogP contribution in [0.15, 0.2) is 0 Å². The molecule has 0 aromatic rings. The summed E-state index contributed by atoms with van der Waals surface area (Å²) in [6.07, 6.45) is 1.31. The van der Waals surface area contributed by atoms with E-state index in [9.17, 15) is 13.2 Å². The predicted octanol–water partition coefficient (Wildman–Crippen LogP) is 2.17. The first-order chi connectivity index (χ1) is 8.94. The molecule has 0 saturated carbocycles. The minimum absolute atomic E-state index is 0.182. The lowest BCUT2D eigenvalue weighted by Gasteiger charge is -2.35. The lowest BCUT2D eigenvalue weighted by atomic mass is 9.98. The minimum Gasteiger partial charge on any atom is -0.372 e. The highest BCUT2D eigenvalue weighted by atomic mass is 19.4. The van der Waals surface area contributed by atoms with Gasteiger partial charge in [-0.15, -0.1) is 0 Å². The fourth-order valence-corrected chi connectivity index (χ4v) is 3.17. The first kappa shape index (κ1) is 15.1. The lowest BCUT2D eigenvalue weighted by molar-refractivity contribution is -0.174. The van der Waals surface area contributed by atoms with E-state index in [4.69, 9.17) is 0 Å². The van der Waals surface area contributed by atoms with Crippen LogP contribution in [0.5, 0.6) is 0 Å². The maximum Gasteiger partial charge on any atom is 0.411 e. The molecule has 0 spiro atoms. The monoisotopic (exact) mass is 280 g/mol. The summed E-state index contributed by atoms with van der Waals surface area (Å²) in [5, 5.41) is 3.59. The second kappa shape index (κ2) is 6.41. The van der Waals surface area contributed by atoms with Crippen LogP contribution in [0, 0.1) is 0 Å². The standard InChI is InChI=1S/C13H23F3N2O/c1-18(5-2-6-19-9-13(14,15)16)12-7-10-3-4-11(8-12)17-10/h10-12,17H,2-9H2,1H3. The number of hydrogen-bond donors (Lipinski definition) is 1. The number of hydrogen-bond acceptors (Lipinski definition) is 3. The van der Waals surface area contributed by atoms with E-state index in [-0.39, 0.29) is 6.61 Å². The molecule has 2 fully saturated rings. The van der Waals surface area contributed by atoms with Crippen LogP contribution in [0.4, 0.5) is 13.2 Å². The average molecular weight is 280 g/mol. The van der Waals surface area contributed by atoms with Gasteiger partial charge in [-0.25, -0.2) is 0 Å². The third-order valence-electron chi connectivity index (χ3n) is 4.14. The molecule has 2 aliphatic rings. The molecule has 0 aromatic heterocycles. The summed E-state index contributed by atoms with van der Waals surface area (Å²) in [6, 6.07) is 1.86. The normalized spacial score (nSPS) is 31.1. The Morgan fingerprint density at radius 2 is 1.84 bits per heavy atom. The second-order valence-electron chi connectivity index (χ2n) is 5.77. The molecular formula is C13H23F3N2O. The highest BCUT2D eigenvalue weighted by molar-refractivity contribution is 4.95. The Bertz CT molecular complexity index is 274. The predicted molar refractivity (Wildman–Crippen MR) is 67.1 cm³/mol. The van der Waals surface area contributed by atoms with E-state index in [0.29, 0.717) is 24.5 Å². The summed E-state index contributed by atoms with van der Waals surface area (Å²) in [5.74, 6) is 0. The first-order valence-electron chi connectivity index (χ1n) is 7.05. The molecule has 0 aromatic carbocycles. The van der Waals surface area contributed by atoms with Crippen LogP contribution in [-0.2, 0) is 4.74 Å². The molecule has 2 heterocycles. The van der Waals surface area contributed by atoms with Crippen LogP contribution in [0.1, 0.15) is 32.1 Å². The van der Waals surface area contributed by atoms with Crippen molar-refractivity contribution in [2.45, 2.75) is 56.4 Å². The zero-order valence-electron chi connectivity index (χ0n) is 11.4. The summed E-state index contributed by atoms with van der Waals surface area (Å²) in [4.78, 5) is 2.28. The molecule has 19 heavy (non-hydrogen) atoms. The molecule has 3 nitrogen and oxygen atoms in total. The van der Waals surface area contributed by atoms with Gasteiger partial charge in [0.1, 0.15) is 6.61 Å². The van der Waals surface area contributed by atoms with Crippen molar-refractivity contribution >= 4 is 0 Å². The Kier molecular flexibility index (Phi) is 5.09. The number of halogens is 3. The number of piperidine rings is 1. The number of nitrogens with one attached hydrogen (secondary N) is 1. The summed E-state index contributed by atoms with van der Waals surface area (Å²) in [7, 11) is 2.07. The van der Waals surface area contributed by atoms with Gasteiger partial charge >= 0.3 is 6.18 Å². The highest BCUT2D eigenvalue weighted by Crippen LogP contribution is 2.29. The second-order valence-corrected chi connectivity index (χ2v) is 5.77. The van der Waals surface area contributed by atoms with Crippen LogP contribution < -0.4 is 5.32 Å². The zero-order chi connectivity index (χ0) is 13.9. The Morgan fingerprint density at radius 3 is 2.42 bits per heavy atom. The average Bonchev–Trinajstić information content (AvgIpc) is 2.66. The van der Waals surface area contributed by atoms with Crippen molar-refractivity contribution in [1.82, 2.24) is 10.2 Å². The molecule has 0 aliphatic carbocycles. The third kappa shape index (κ3) is 4.93. The lowest BCUT2D eigenvalue weighted by Crippen LogP contribution is -2.47. The van der Waals surface area contributed by atoms with Crippen LogP contribution in [0.25, 0.3) is 0 Å². The van der Waals surface area contributed by atoms with E-state index in [1.807, 2.05) is 0 Å². The molecule has 1 N–H and O–H groups in total. The highest BCUT2D eigenvalue weighted by Gasteiger charge is 2.34. The van der Waals surface area contributed by atoms with Crippen molar-refractivity contribution in [2.24, 2.45) is 0 Å². The van der Waals surface area contributed by atoms with E-state index >= 15 is 0 Å². The number of fused-ring (bicyclic) bond motifs is 2. The summed E-state index contributed by atoms with van der Waals surface area (Å²) < 4.78 is 40.3. The fraction of sp³-hybridized carbons (Fsp3) is 1.00. The largest absolute Gasteiger partial charge is 0.411 e. The van der Waals surface area contributed by atoms with Gasteiger partial charge in [-0.05, 0) is 39.2 Å². The summed E-state index contributed by atoms with van der Waals surface area (Å²) in [6.45, 7) is -0.141. The van der Waals surface area contributed by atoms with Gasteiger partial charge in [0.2, 0.25) is 0 Å². The molecule has 112 valence electrons. The molecule has 2 aliphatic heterocycles. The van der Waals surface area contributed by atoms with Crippen LogP contribution >= 0.6 is 0 Å². The Labute approximate surface area is 112 Å². The molecule has 2 atom stereocenters. The maximum absolute atomic E-state index is 11.9.